The number of benzene rings is 1. The third kappa shape index (κ3) is 5.77. The molecule has 3 heteroatoms. The first kappa shape index (κ1) is 15.5. The average molecular weight is 262 g/mol. The summed E-state index contributed by atoms with van der Waals surface area (Å²) >= 11 is 0. The summed E-state index contributed by atoms with van der Waals surface area (Å²) in [5.41, 5.74) is 7.43. The molecular formula is C16H26N2O. The monoisotopic (exact) mass is 262 g/mol. The number of hydrogen-bond acceptors (Lipinski definition) is 2. The van der Waals surface area contributed by atoms with Gasteiger partial charge in [0.2, 0.25) is 5.91 Å². The maximum absolute atomic E-state index is 12.3. The van der Waals surface area contributed by atoms with Gasteiger partial charge in [-0.05, 0) is 30.5 Å². The third-order valence-electron chi connectivity index (χ3n) is 3.25. The molecule has 1 aromatic rings. The molecule has 3 nitrogen and oxygen atoms in total. The van der Waals surface area contributed by atoms with E-state index in [1.165, 1.54) is 0 Å². The number of rotatable bonds is 8. The molecule has 0 bridgehead atoms. The van der Waals surface area contributed by atoms with E-state index in [9.17, 15) is 4.79 Å². The van der Waals surface area contributed by atoms with Gasteiger partial charge < -0.3 is 10.6 Å². The maximum atomic E-state index is 12.3. The first-order chi connectivity index (χ1) is 9.17. The molecule has 0 spiro atoms. The SMILES string of the molecule is CCCCN(CCCC)C(=O)Cc1ccc(N)cc1. The van der Waals surface area contributed by atoms with Gasteiger partial charge in [-0.3, -0.25) is 4.79 Å². The average Bonchev–Trinajstić information content (AvgIpc) is 2.41. The zero-order valence-electron chi connectivity index (χ0n) is 12.2. The van der Waals surface area contributed by atoms with E-state index in [-0.39, 0.29) is 5.91 Å². The van der Waals surface area contributed by atoms with Crippen molar-refractivity contribution in [2.75, 3.05) is 18.8 Å². The van der Waals surface area contributed by atoms with Gasteiger partial charge in [0.25, 0.3) is 0 Å². The highest BCUT2D eigenvalue weighted by Crippen LogP contribution is 2.09. The standard InChI is InChI=1S/C16H26N2O/c1-3-5-11-18(12-6-4-2)16(19)13-14-7-9-15(17)10-8-14/h7-10H,3-6,11-13,17H2,1-2H3. The fraction of sp³-hybridized carbons (Fsp3) is 0.562. The summed E-state index contributed by atoms with van der Waals surface area (Å²) in [6, 6.07) is 7.58. The summed E-state index contributed by atoms with van der Waals surface area (Å²) in [7, 11) is 0. The lowest BCUT2D eigenvalue weighted by Gasteiger charge is -2.22. The van der Waals surface area contributed by atoms with Crippen LogP contribution in [0.5, 0.6) is 0 Å². The fourth-order valence-electron chi connectivity index (χ4n) is 1.98. The fourth-order valence-corrected chi connectivity index (χ4v) is 1.98. The van der Waals surface area contributed by atoms with E-state index in [1.807, 2.05) is 29.2 Å². The quantitative estimate of drug-likeness (QED) is 0.731. The molecule has 0 aromatic heterocycles. The highest BCUT2D eigenvalue weighted by Gasteiger charge is 2.12. The lowest BCUT2D eigenvalue weighted by Crippen LogP contribution is -2.34. The van der Waals surface area contributed by atoms with Gasteiger partial charge in [-0.1, -0.05) is 38.8 Å². The Balaban J connectivity index is 2.56. The molecular weight excluding hydrogens is 236 g/mol. The second-order valence-corrected chi connectivity index (χ2v) is 5.01. The summed E-state index contributed by atoms with van der Waals surface area (Å²) in [6.45, 7) is 6.07. The number of unbranched alkanes of at least 4 members (excludes halogenated alkanes) is 2. The Morgan fingerprint density at radius 2 is 1.58 bits per heavy atom. The molecule has 0 aliphatic heterocycles. The summed E-state index contributed by atoms with van der Waals surface area (Å²) in [6.07, 6.45) is 4.89. The summed E-state index contributed by atoms with van der Waals surface area (Å²) in [4.78, 5) is 14.3. The van der Waals surface area contributed by atoms with Crippen LogP contribution in [0, 0.1) is 0 Å². The smallest absolute Gasteiger partial charge is 0.226 e. The number of carbonyl (C=O) groups excluding carboxylic acids is 1. The zero-order chi connectivity index (χ0) is 14.1. The first-order valence-corrected chi connectivity index (χ1v) is 7.29. The Kier molecular flexibility index (Phi) is 7.01. The van der Waals surface area contributed by atoms with Gasteiger partial charge in [-0.2, -0.15) is 0 Å². The minimum Gasteiger partial charge on any atom is -0.399 e. The molecule has 1 aromatic carbocycles. The molecule has 1 amide bonds. The topological polar surface area (TPSA) is 46.3 Å². The Labute approximate surface area is 116 Å². The van der Waals surface area contributed by atoms with Gasteiger partial charge in [0.1, 0.15) is 0 Å². The number of carbonyl (C=O) groups is 1. The van der Waals surface area contributed by atoms with E-state index in [1.54, 1.807) is 0 Å². The number of nitrogens with zero attached hydrogens (tertiary/aromatic N) is 1. The van der Waals surface area contributed by atoms with Crippen LogP contribution in [0.1, 0.15) is 45.1 Å². The maximum Gasteiger partial charge on any atom is 0.226 e. The van der Waals surface area contributed by atoms with Crippen LogP contribution in [0.15, 0.2) is 24.3 Å². The van der Waals surface area contributed by atoms with Crippen LogP contribution >= 0.6 is 0 Å². The first-order valence-electron chi connectivity index (χ1n) is 7.29. The second-order valence-electron chi connectivity index (χ2n) is 5.01. The van der Waals surface area contributed by atoms with E-state index in [4.69, 9.17) is 5.73 Å². The molecule has 0 saturated heterocycles. The van der Waals surface area contributed by atoms with Crippen LogP contribution in [-0.4, -0.2) is 23.9 Å². The van der Waals surface area contributed by atoms with Gasteiger partial charge in [0.15, 0.2) is 0 Å². The van der Waals surface area contributed by atoms with Gasteiger partial charge in [0, 0.05) is 18.8 Å². The normalized spacial score (nSPS) is 10.4. The van der Waals surface area contributed by atoms with E-state index >= 15 is 0 Å². The Morgan fingerprint density at radius 1 is 1.05 bits per heavy atom. The second kappa shape index (κ2) is 8.57. The highest BCUT2D eigenvalue weighted by molar-refractivity contribution is 5.78. The van der Waals surface area contributed by atoms with Crippen molar-refractivity contribution in [2.45, 2.75) is 46.0 Å². The number of nitrogens with two attached hydrogens (primary N) is 1. The number of nitrogen functional groups attached to an aromatic ring is 1. The minimum atomic E-state index is 0.228. The predicted molar refractivity (Wildman–Crippen MR) is 81.0 cm³/mol. The summed E-state index contributed by atoms with van der Waals surface area (Å²) in [5, 5.41) is 0. The van der Waals surface area contributed by atoms with E-state index in [0.717, 1.165) is 50.0 Å². The summed E-state index contributed by atoms with van der Waals surface area (Å²) in [5.74, 6) is 0.228. The minimum absolute atomic E-state index is 0.228. The van der Waals surface area contributed by atoms with Crippen LogP contribution in [0.3, 0.4) is 0 Å². The molecule has 0 atom stereocenters. The lowest BCUT2D eigenvalue weighted by molar-refractivity contribution is -0.130. The third-order valence-corrected chi connectivity index (χ3v) is 3.25. The Morgan fingerprint density at radius 3 is 2.05 bits per heavy atom. The number of anilines is 1. The van der Waals surface area contributed by atoms with Gasteiger partial charge in [-0.25, -0.2) is 0 Å². The highest BCUT2D eigenvalue weighted by atomic mass is 16.2. The van der Waals surface area contributed by atoms with Crippen LogP contribution in [0.25, 0.3) is 0 Å². The summed E-state index contributed by atoms with van der Waals surface area (Å²) < 4.78 is 0. The van der Waals surface area contributed by atoms with Crippen molar-refractivity contribution in [3.63, 3.8) is 0 Å². The molecule has 106 valence electrons. The number of amides is 1. The Hall–Kier alpha value is -1.51. The molecule has 2 N–H and O–H groups in total. The van der Waals surface area contributed by atoms with Crippen molar-refractivity contribution in [1.29, 1.82) is 0 Å². The van der Waals surface area contributed by atoms with Crippen LogP contribution in [0.4, 0.5) is 5.69 Å². The van der Waals surface area contributed by atoms with Crippen molar-refractivity contribution in [3.05, 3.63) is 29.8 Å². The lowest BCUT2D eigenvalue weighted by atomic mass is 10.1. The molecule has 0 fully saturated rings. The van der Waals surface area contributed by atoms with Crippen LogP contribution in [0.2, 0.25) is 0 Å². The van der Waals surface area contributed by atoms with Gasteiger partial charge in [0.05, 0.1) is 6.42 Å². The van der Waals surface area contributed by atoms with Crippen molar-refractivity contribution in [3.8, 4) is 0 Å². The zero-order valence-corrected chi connectivity index (χ0v) is 12.2. The van der Waals surface area contributed by atoms with E-state index in [2.05, 4.69) is 13.8 Å². The molecule has 1 rings (SSSR count). The molecule has 19 heavy (non-hydrogen) atoms. The van der Waals surface area contributed by atoms with Crippen LogP contribution < -0.4 is 5.73 Å². The number of hydrogen-bond donors (Lipinski definition) is 1. The molecule has 0 aliphatic rings. The van der Waals surface area contributed by atoms with Crippen molar-refractivity contribution in [2.24, 2.45) is 0 Å². The molecule has 0 heterocycles. The van der Waals surface area contributed by atoms with Gasteiger partial charge >= 0.3 is 0 Å². The van der Waals surface area contributed by atoms with Crippen molar-refractivity contribution in [1.82, 2.24) is 4.90 Å². The van der Waals surface area contributed by atoms with Crippen molar-refractivity contribution >= 4 is 11.6 Å². The molecule has 0 unspecified atom stereocenters. The Bertz CT molecular complexity index is 365. The predicted octanol–water partition coefficient (Wildman–Crippen LogP) is 3.24. The van der Waals surface area contributed by atoms with Crippen molar-refractivity contribution < 1.29 is 4.79 Å². The molecule has 0 aliphatic carbocycles. The molecule has 0 saturated carbocycles. The van der Waals surface area contributed by atoms with E-state index in [0.29, 0.717) is 6.42 Å². The van der Waals surface area contributed by atoms with E-state index < -0.39 is 0 Å². The van der Waals surface area contributed by atoms with Crippen LogP contribution in [-0.2, 0) is 11.2 Å². The molecule has 0 radical (unpaired) electrons. The largest absolute Gasteiger partial charge is 0.399 e. The van der Waals surface area contributed by atoms with Gasteiger partial charge in [-0.15, -0.1) is 0 Å².